The third-order valence-corrected chi connectivity index (χ3v) is 4.92. The second kappa shape index (κ2) is 8.75. The van der Waals surface area contributed by atoms with E-state index in [1.165, 1.54) is 6.07 Å². The van der Waals surface area contributed by atoms with E-state index in [9.17, 15) is 18.0 Å². The molecule has 4 nitrogen and oxygen atoms in total. The van der Waals surface area contributed by atoms with E-state index in [2.05, 4.69) is 16.9 Å². The molecule has 0 aliphatic carbocycles. The van der Waals surface area contributed by atoms with E-state index < -0.39 is 16.8 Å². The molecule has 150 valence electrons. The number of hydrogen-bond acceptors (Lipinski definition) is 4. The first-order valence-corrected chi connectivity index (χ1v) is 9.46. The molecule has 1 amide bonds. The Morgan fingerprint density at radius 3 is 2.59 bits per heavy atom. The van der Waals surface area contributed by atoms with Crippen molar-refractivity contribution in [2.45, 2.75) is 6.18 Å². The fourth-order valence-corrected chi connectivity index (χ4v) is 3.43. The van der Waals surface area contributed by atoms with Crippen LogP contribution in [0.4, 0.5) is 18.9 Å². The van der Waals surface area contributed by atoms with Crippen LogP contribution in [0.25, 0.3) is 6.08 Å². The van der Waals surface area contributed by atoms with E-state index in [1.807, 2.05) is 0 Å². The van der Waals surface area contributed by atoms with Gasteiger partial charge in [-0.15, -0.1) is 0 Å². The maximum absolute atomic E-state index is 13.0. The highest BCUT2D eigenvalue weighted by molar-refractivity contribution is 8.18. The lowest BCUT2D eigenvalue weighted by Crippen LogP contribution is -2.19. The minimum absolute atomic E-state index is 0.0366. The van der Waals surface area contributed by atoms with E-state index in [0.717, 1.165) is 29.5 Å². The summed E-state index contributed by atoms with van der Waals surface area (Å²) in [6.45, 7) is 3.96. The third kappa shape index (κ3) is 5.42. The van der Waals surface area contributed by atoms with E-state index >= 15 is 0 Å². The zero-order valence-electron chi connectivity index (χ0n) is 14.8. The highest BCUT2D eigenvalue weighted by Gasteiger charge is 2.33. The van der Waals surface area contributed by atoms with Gasteiger partial charge < -0.3 is 10.1 Å². The predicted molar refractivity (Wildman–Crippen MR) is 109 cm³/mol. The zero-order valence-corrected chi connectivity index (χ0v) is 16.4. The Labute approximate surface area is 174 Å². The summed E-state index contributed by atoms with van der Waals surface area (Å²) < 4.78 is 44.3. The lowest BCUT2D eigenvalue weighted by molar-refractivity contribution is -0.137. The largest absolute Gasteiger partial charge is 0.490 e. The van der Waals surface area contributed by atoms with Crippen molar-refractivity contribution in [1.29, 1.82) is 0 Å². The second-order valence-corrected chi connectivity index (χ2v) is 7.25. The fourth-order valence-electron chi connectivity index (χ4n) is 2.36. The summed E-state index contributed by atoms with van der Waals surface area (Å²) in [4.78, 5) is 16.6. The van der Waals surface area contributed by atoms with Crippen LogP contribution in [0.5, 0.6) is 5.75 Å². The SMILES string of the molecule is C=CCOc1ccc(/C=C2/SC(=Nc3ccc(Cl)c(C(F)(F)F)c3)NC2=O)cc1. The number of halogens is 4. The van der Waals surface area contributed by atoms with E-state index in [1.54, 1.807) is 36.4 Å². The molecule has 0 radical (unpaired) electrons. The molecule has 2 aromatic rings. The van der Waals surface area contributed by atoms with E-state index in [-0.39, 0.29) is 16.8 Å². The van der Waals surface area contributed by atoms with Crippen molar-refractivity contribution in [2.75, 3.05) is 6.61 Å². The molecule has 0 atom stereocenters. The lowest BCUT2D eigenvalue weighted by Gasteiger charge is -2.09. The van der Waals surface area contributed by atoms with Crippen LogP contribution in [0.1, 0.15) is 11.1 Å². The van der Waals surface area contributed by atoms with Gasteiger partial charge in [0.05, 0.1) is 21.2 Å². The van der Waals surface area contributed by atoms with Crippen molar-refractivity contribution >= 4 is 46.2 Å². The average Bonchev–Trinajstić information content (AvgIpc) is 3.00. The minimum atomic E-state index is -4.59. The van der Waals surface area contributed by atoms with Crippen molar-refractivity contribution in [2.24, 2.45) is 4.99 Å². The molecule has 9 heteroatoms. The standard InChI is InChI=1S/C20H14ClF3N2O2S/c1-2-9-28-14-6-3-12(4-7-14)10-17-18(27)26-19(29-17)25-13-5-8-16(21)15(11-13)20(22,23)24/h2-8,10-11H,1,9H2,(H,25,26,27)/b17-10+. The number of rotatable bonds is 5. The number of nitrogens with one attached hydrogen (secondary N) is 1. The second-order valence-electron chi connectivity index (χ2n) is 5.81. The van der Waals surface area contributed by atoms with Crippen LogP contribution in [0.2, 0.25) is 5.02 Å². The topological polar surface area (TPSA) is 50.7 Å². The molecule has 0 aromatic heterocycles. The molecule has 1 aliphatic heterocycles. The quantitative estimate of drug-likeness (QED) is 0.473. The van der Waals surface area contributed by atoms with Crippen LogP contribution in [-0.2, 0) is 11.0 Å². The number of aliphatic imine (C=N–C) groups is 1. The first kappa shape index (κ1) is 21.0. The smallest absolute Gasteiger partial charge is 0.417 e. The number of carbonyl (C=O) groups is 1. The Hall–Kier alpha value is -2.71. The number of amidine groups is 1. The Morgan fingerprint density at radius 1 is 1.21 bits per heavy atom. The van der Waals surface area contributed by atoms with E-state index in [4.69, 9.17) is 16.3 Å². The van der Waals surface area contributed by atoms with Gasteiger partial charge in [0.2, 0.25) is 0 Å². The third-order valence-electron chi connectivity index (χ3n) is 3.68. The number of hydrogen-bond donors (Lipinski definition) is 1. The van der Waals surface area contributed by atoms with Gasteiger partial charge in [-0.2, -0.15) is 13.2 Å². The number of nitrogens with zero attached hydrogens (tertiary/aromatic N) is 1. The number of amides is 1. The van der Waals surface area contributed by atoms with Crippen molar-refractivity contribution in [3.05, 3.63) is 76.2 Å². The molecule has 3 rings (SSSR count). The molecule has 29 heavy (non-hydrogen) atoms. The fraction of sp³-hybridized carbons (Fsp3) is 0.100. The van der Waals surface area contributed by atoms with Crippen molar-refractivity contribution in [3.63, 3.8) is 0 Å². The molecule has 2 aromatic carbocycles. The molecular formula is C20H14ClF3N2O2S. The summed E-state index contributed by atoms with van der Waals surface area (Å²) in [6.07, 6.45) is -1.30. The van der Waals surface area contributed by atoms with Crippen molar-refractivity contribution in [3.8, 4) is 5.75 Å². The Balaban J connectivity index is 1.78. The van der Waals surface area contributed by atoms with Crippen LogP contribution in [0.3, 0.4) is 0 Å². The van der Waals surface area contributed by atoms with Gasteiger partial charge in [0.25, 0.3) is 5.91 Å². The monoisotopic (exact) mass is 438 g/mol. The summed E-state index contributed by atoms with van der Waals surface area (Å²) in [7, 11) is 0. The maximum atomic E-state index is 13.0. The molecule has 0 bridgehead atoms. The Bertz CT molecular complexity index is 1000. The van der Waals surface area contributed by atoms with Gasteiger partial charge >= 0.3 is 6.18 Å². The molecular weight excluding hydrogens is 425 g/mol. The summed E-state index contributed by atoms with van der Waals surface area (Å²) in [5, 5.41) is 2.31. The van der Waals surface area contributed by atoms with Gasteiger partial charge in [0.15, 0.2) is 5.17 Å². The molecule has 1 aliphatic rings. The number of benzene rings is 2. The van der Waals surface area contributed by atoms with Crippen molar-refractivity contribution < 1.29 is 22.7 Å². The summed E-state index contributed by atoms with van der Waals surface area (Å²) in [5.41, 5.74) is -0.180. The zero-order chi connectivity index (χ0) is 21.0. The lowest BCUT2D eigenvalue weighted by atomic mass is 10.2. The van der Waals surface area contributed by atoms with Crippen LogP contribution in [0, 0.1) is 0 Å². The Morgan fingerprint density at radius 2 is 1.93 bits per heavy atom. The van der Waals surface area contributed by atoms with Crippen LogP contribution in [-0.4, -0.2) is 17.7 Å². The number of carbonyl (C=O) groups excluding carboxylic acids is 1. The number of ether oxygens (including phenoxy) is 1. The van der Waals surface area contributed by atoms with Gasteiger partial charge in [-0.05, 0) is 53.7 Å². The first-order valence-electron chi connectivity index (χ1n) is 8.26. The Kier molecular flexibility index (Phi) is 6.34. The van der Waals surface area contributed by atoms with Gasteiger partial charge in [-0.3, -0.25) is 4.79 Å². The van der Waals surface area contributed by atoms with Gasteiger partial charge in [0, 0.05) is 0 Å². The summed E-state index contributed by atoms with van der Waals surface area (Å²) in [6, 6.07) is 10.4. The maximum Gasteiger partial charge on any atom is 0.417 e. The van der Waals surface area contributed by atoms with Crippen LogP contribution >= 0.6 is 23.4 Å². The van der Waals surface area contributed by atoms with E-state index in [0.29, 0.717) is 17.3 Å². The predicted octanol–water partition coefficient (Wildman–Crippen LogP) is 5.82. The molecule has 1 heterocycles. The molecule has 1 N–H and O–H groups in total. The van der Waals surface area contributed by atoms with Crippen LogP contribution < -0.4 is 10.1 Å². The molecule has 0 spiro atoms. The highest BCUT2D eigenvalue weighted by atomic mass is 35.5. The molecule has 1 fully saturated rings. The summed E-state index contributed by atoms with van der Waals surface area (Å²) >= 11 is 6.64. The van der Waals surface area contributed by atoms with Gasteiger partial charge in [0.1, 0.15) is 12.4 Å². The van der Waals surface area contributed by atoms with Gasteiger partial charge in [-0.25, -0.2) is 4.99 Å². The number of thioether (sulfide) groups is 1. The minimum Gasteiger partial charge on any atom is -0.490 e. The highest BCUT2D eigenvalue weighted by Crippen LogP contribution is 2.37. The first-order chi connectivity index (χ1) is 13.8. The molecule has 0 unspecified atom stereocenters. The molecule has 0 saturated carbocycles. The summed E-state index contributed by atoms with van der Waals surface area (Å²) in [5.74, 6) is 0.284. The normalized spacial score (nSPS) is 16.9. The van der Waals surface area contributed by atoms with Crippen molar-refractivity contribution in [1.82, 2.24) is 5.32 Å². The van der Waals surface area contributed by atoms with Crippen LogP contribution in [0.15, 0.2) is 65.0 Å². The molecule has 1 saturated heterocycles. The number of alkyl halides is 3. The van der Waals surface area contributed by atoms with Gasteiger partial charge in [-0.1, -0.05) is 36.4 Å². The average molecular weight is 439 g/mol.